The van der Waals surface area contributed by atoms with E-state index in [1.165, 1.54) is 6.07 Å². The molecule has 2 aromatic heterocycles. The van der Waals surface area contributed by atoms with Crippen LogP contribution in [0, 0.1) is 0 Å². The Kier molecular flexibility index (Phi) is 2.06. The number of carboxylic acids is 1. The lowest BCUT2D eigenvalue weighted by Crippen LogP contribution is -2.34. The molecule has 0 aliphatic rings. The molecule has 5 nitrogen and oxygen atoms in total. The van der Waals surface area contributed by atoms with Crippen LogP contribution in [0.1, 0.15) is 16.3 Å². The molecule has 2 N–H and O–H groups in total. The second kappa shape index (κ2) is 3.37. The third-order valence-corrected chi connectivity index (χ3v) is 1.80. The van der Waals surface area contributed by atoms with Crippen LogP contribution in [0.15, 0.2) is 35.0 Å². The first-order valence-electron chi connectivity index (χ1n) is 4.10. The second-order valence-corrected chi connectivity index (χ2v) is 2.84. The minimum atomic E-state index is -1.05. The molecule has 0 amide bonds. The summed E-state index contributed by atoms with van der Waals surface area (Å²) in [5.74, 6) is -0.477. The number of furan rings is 1. The highest BCUT2D eigenvalue weighted by Gasteiger charge is 2.11. The van der Waals surface area contributed by atoms with E-state index < -0.39 is 5.97 Å². The van der Waals surface area contributed by atoms with Gasteiger partial charge in [0.1, 0.15) is 0 Å². The van der Waals surface area contributed by atoms with Crippen LogP contribution < -0.4 is 4.68 Å². The van der Waals surface area contributed by atoms with Gasteiger partial charge in [0.25, 0.3) is 0 Å². The molecule has 0 atom stereocenters. The van der Waals surface area contributed by atoms with E-state index in [0.29, 0.717) is 12.3 Å². The van der Waals surface area contributed by atoms with E-state index in [-0.39, 0.29) is 5.76 Å². The van der Waals surface area contributed by atoms with Crippen LogP contribution >= 0.6 is 0 Å². The van der Waals surface area contributed by atoms with Crippen LogP contribution in [0.3, 0.4) is 0 Å². The Morgan fingerprint density at radius 1 is 1.57 bits per heavy atom. The average molecular weight is 193 g/mol. The Bertz CT molecular complexity index is 431. The summed E-state index contributed by atoms with van der Waals surface area (Å²) >= 11 is 0. The Balaban J connectivity index is 2.14. The van der Waals surface area contributed by atoms with Gasteiger partial charge < -0.3 is 9.52 Å². The number of aromatic amines is 1. The Labute approximate surface area is 79.6 Å². The maximum absolute atomic E-state index is 10.5. The number of rotatable bonds is 3. The molecule has 5 heteroatoms. The van der Waals surface area contributed by atoms with Gasteiger partial charge in [0.2, 0.25) is 12.3 Å². The van der Waals surface area contributed by atoms with E-state index in [4.69, 9.17) is 9.52 Å². The van der Waals surface area contributed by atoms with Crippen molar-refractivity contribution in [3.63, 3.8) is 0 Å². The van der Waals surface area contributed by atoms with E-state index >= 15 is 0 Å². The third-order valence-electron chi connectivity index (χ3n) is 1.80. The van der Waals surface area contributed by atoms with Crippen LogP contribution in [0.2, 0.25) is 0 Å². The van der Waals surface area contributed by atoms with Gasteiger partial charge in [-0.15, -0.1) is 4.68 Å². The zero-order valence-electron chi connectivity index (χ0n) is 7.30. The first-order chi connectivity index (χ1) is 6.75. The number of carboxylic acid groups (broad SMARTS) is 1. The van der Waals surface area contributed by atoms with Crippen molar-refractivity contribution in [3.8, 4) is 0 Å². The highest BCUT2D eigenvalue weighted by molar-refractivity contribution is 5.84. The van der Waals surface area contributed by atoms with Crippen molar-refractivity contribution in [3.05, 3.63) is 42.1 Å². The maximum atomic E-state index is 10.5. The minimum Gasteiger partial charge on any atom is -0.475 e. The molecule has 0 fully saturated rings. The van der Waals surface area contributed by atoms with Crippen molar-refractivity contribution in [1.29, 1.82) is 0 Å². The molecule has 0 saturated heterocycles. The third kappa shape index (κ3) is 1.66. The lowest BCUT2D eigenvalue weighted by atomic mass is 10.4. The summed E-state index contributed by atoms with van der Waals surface area (Å²) in [5.41, 5.74) is 0. The Hall–Kier alpha value is -2.04. The topological polar surface area (TPSA) is 70.1 Å². The molecule has 72 valence electrons. The number of hydrogen-bond donors (Lipinski definition) is 2. The zero-order valence-corrected chi connectivity index (χ0v) is 7.30. The van der Waals surface area contributed by atoms with Crippen LogP contribution in [0.4, 0.5) is 0 Å². The molecule has 14 heavy (non-hydrogen) atoms. The highest BCUT2D eigenvalue weighted by atomic mass is 16.4. The van der Waals surface area contributed by atoms with Crippen LogP contribution in [-0.4, -0.2) is 16.2 Å². The van der Waals surface area contributed by atoms with E-state index in [1.807, 2.05) is 12.3 Å². The molecule has 0 bridgehead atoms. The quantitative estimate of drug-likeness (QED) is 0.703. The van der Waals surface area contributed by atoms with Crippen LogP contribution in [0.5, 0.6) is 0 Å². The number of aromatic nitrogens is 2. The van der Waals surface area contributed by atoms with E-state index in [1.54, 1.807) is 16.9 Å². The zero-order chi connectivity index (χ0) is 9.97. The standard InChI is InChI=1S/C9H8N2O3/c12-9(13)8-3-2-7(14-8)6-11-5-1-4-10-11/h1-5H,6H2,(H,12,13)/p+1. The molecule has 0 aromatic carbocycles. The molecule has 0 saturated carbocycles. The molecule has 0 aliphatic heterocycles. The average Bonchev–Trinajstić information content (AvgIpc) is 2.75. The van der Waals surface area contributed by atoms with E-state index in [2.05, 4.69) is 5.10 Å². The fourth-order valence-electron chi connectivity index (χ4n) is 1.17. The SMILES string of the molecule is O=C(O)c1ccc(C[n+]2ccc[nH]2)o1. The summed E-state index contributed by atoms with van der Waals surface area (Å²) in [5, 5.41) is 11.5. The number of nitrogens with zero attached hydrogens (tertiary/aromatic N) is 1. The lowest BCUT2D eigenvalue weighted by molar-refractivity contribution is -0.743. The molecular weight excluding hydrogens is 184 g/mol. The van der Waals surface area contributed by atoms with Crippen molar-refractivity contribution >= 4 is 5.97 Å². The fraction of sp³-hybridized carbons (Fsp3) is 0.111. The van der Waals surface area contributed by atoms with Crippen molar-refractivity contribution in [2.75, 3.05) is 0 Å². The monoisotopic (exact) mass is 193 g/mol. The summed E-state index contributed by atoms with van der Waals surface area (Å²) in [6.07, 6.45) is 3.62. The predicted molar refractivity (Wildman–Crippen MR) is 45.8 cm³/mol. The van der Waals surface area contributed by atoms with Crippen molar-refractivity contribution < 1.29 is 19.0 Å². The highest BCUT2D eigenvalue weighted by Crippen LogP contribution is 2.06. The first kappa shape index (κ1) is 8.55. The number of nitrogens with one attached hydrogen (secondary N) is 1. The normalized spacial score (nSPS) is 10.3. The van der Waals surface area contributed by atoms with Gasteiger partial charge in [0.05, 0.1) is 6.20 Å². The summed E-state index contributed by atoms with van der Waals surface area (Å²) in [6, 6.07) is 4.94. The van der Waals surface area contributed by atoms with Gasteiger partial charge in [0.15, 0.2) is 12.0 Å². The van der Waals surface area contributed by atoms with Gasteiger partial charge in [-0.25, -0.2) is 4.79 Å². The molecule has 0 spiro atoms. The predicted octanol–water partition coefficient (Wildman–Crippen LogP) is 0.642. The maximum Gasteiger partial charge on any atom is 0.371 e. The molecular formula is C9H9N2O3+. The van der Waals surface area contributed by atoms with Crippen molar-refractivity contribution in [2.24, 2.45) is 0 Å². The summed E-state index contributed by atoms with van der Waals surface area (Å²) in [6.45, 7) is 0.500. The molecule has 2 heterocycles. The van der Waals surface area contributed by atoms with Crippen molar-refractivity contribution in [1.82, 2.24) is 5.10 Å². The molecule has 2 aromatic rings. The number of hydrogen-bond acceptors (Lipinski definition) is 2. The van der Waals surface area contributed by atoms with Gasteiger partial charge in [-0.3, -0.25) is 0 Å². The van der Waals surface area contributed by atoms with Gasteiger partial charge >= 0.3 is 5.97 Å². The van der Waals surface area contributed by atoms with E-state index in [9.17, 15) is 4.79 Å². The van der Waals surface area contributed by atoms with Crippen LogP contribution in [-0.2, 0) is 6.54 Å². The summed E-state index contributed by atoms with van der Waals surface area (Å²) in [7, 11) is 0. The minimum absolute atomic E-state index is 0.0350. The number of H-pyrrole nitrogens is 1. The largest absolute Gasteiger partial charge is 0.475 e. The second-order valence-electron chi connectivity index (χ2n) is 2.84. The number of aromatic carboxylic acids is 1. The van der Waals surface area contributed by atoms with Crippen molar-refractivity contribution in [2.45, 2.75) is 6.54 Å². The van der Waals surface area contributed by atoms with Gasteiger partial charge in [-0.1, -0.05) is 0 Å². The van der Waals surface area contributed by atoms with Gasteiger partial charge in [-0.05, 0) is 12.1 Å². The fourth-order valence-corrected chi connectivity index (χ4v) is 1.17. The summed E-state index contributed by atoms with van der Waals surface area (Å²) < 4.78 is 6.86. The first-order valence-corrected chi connectivity index (χ1v) is 4.10. The van der Waals surface area contributed by atoms with Crippen LogP contribution in [0.25, 0.3) is 0 Å². The Morgan fingerprint density at radius 2 is 2.43 bits per heavy atom. The number of carbonyl (C=O) groups is 1. The molecule has 2 rings (SSSR count). The lowest BCUT2D eigenvalue weighted by Gasteiger charge is -1.88. The molecule has 0 aliphatic carbocycles. The molecule has 0 unspecified atom stereocenters. The smallest absolute Gasteiger partial charge is 0.371 e. The van der Waals surface area contributed by atoms with Gasteiger partial charge in [-0.2, -0.15) is 5.10 Å². The molecule has 0 radical (unpaired) electrons. The summed E-state index contributed by atoms with van der Waals surface area (Å²) in [4.78, 5) is 10.5. The van der Waals surface area contributed by atoms with E-state index in [0.717, 1.165) is 0 Å². The Morgan fingerprint density at radius 3 is 3.00 bits per heavy atom. The van der Waals surface area contributed by atoms with Gasteiger partial charge in [0, 0.05) is 6.07 Å².